The Hall–Kier alpha value is -2.50. The number of aryl methyl sites for hydroxylation is 2. The standard InChI is InChI=1S/C26H36N2O4/c1-18-15-23(29)28(22-16-20(31-5)8-9-21(18)22)14-11-26-10-13-27(12-6-7-19(26)17-26)24(30)32-25(2,3)4/h8-9,15-16,19H,6-7,10-14,17H2,1-5H3. The Kier molecular flexibility index (Phi) is 5.99. The molecule has 2 atom stereocenters. The topological polar surface area (TPSA) is 60.8 Å². The molecule has 1 aromatic carbocycles. The number of methoxy groups -OCH3 is 1. The number of carbonyl (C=O) groups excluding carboxylic acids is 1. The van der Waals surface area contributed by atoms with Crippen molar-refractivity contribution in [2.45, 2.75) is 71.9 Å². The fourth-order valence-corrected chi connectivity index (χ4v) is 5.30. The summed E-state index contributed by atoms with van der Waals surface area (Å²) < 4.78 is 12.9. The average molecular weight is 441 g/mol. The second-order valence-corrected chi connectivity index (χ2v) is 10.6. The summed E-state index contributed by atoms with van der Waals surface area (Å²) in [6.07, 6.45) is 5.05. The van der Waals surface area contributed by atoms with Crippen LogP contribution in [0.25, 0.3) is 10.9 Å². The molecule has 1 aliphatic heterocycles. The van der Waals surface area contributed by atoms with Crippen molar-refractivity contribution in [2.75, 3.05) is 20.2 Å². The number of benzene rings is 1. The van der Waals surface area contributed by atoms with E-state index in [1.807, 2.05) is 55.4 Å². The van der Waals surface area contributed by atoms with Crippen LogP contribution in [0.4, 0.5) is 4.79 Å². The number of likely N-dealkylation sites (tertiary alicyclic amines) is 1. The second kappa shape index (κ2) is 8.45. The maximum absolute atomic E-state index is 12.9. The van der Waals surface area contributed by atoms with Crippen molar-refractivity contribution < 1.29 is 14.3 Å². The molecule has 6 heteroatoms. The van der Waals surface area contributed by atoms with E-state index in [1.165, 1.54) is 6.42 Å². The molecule has 2 aromatic rings. The van der Waals surface area contributed by atoms with Crippen LogP contribution < -0.4 is 10.3 Å². The molecule has 0 radical (unpaired) electrons. The first-order chi connectivity index (χ1) is 15.1. The zero-order chi connectivity index (χ0) is 23.1. The lowest BCUT2D eigenvalue weighted by Crippen LogP contribution is -2.39. The molecule has 1 aliphatic carbocycles. The van der Waals surface area contributed by atoms with E-state index in [0.29, 0.717) is 12.5 Å². The number of fused-ring (bicyclic) bond motifs is 2. The molecule has 1 aromatic heterocycles. The minimum Gasteiger partial charge on any atom is -0.497 e. The third-order valence-electron chi connectivity index (χ3n) is 7.23. The van der Waals surface area contributed by atoms with Gasteiger partial charge in [-0.05, 0) is 88.8 Å². The van der Waals surface area contributed by atoms with E-state index in [9.17, 15) is 9.59 Å². The molecule has 2 aliphatic rings. The molecule has 1 saturated carbocycles. The number of hydrogen-bond donors (Lipinski definition) is 0. The van der Waals surface area contributed by atoms with E-state index in [0.717, 1.165) is 61.0 Å². The molecule has 2 heterocycles. The monoisotopic (exact) mass is 440 g/mol. The van der Waals surface area contributed by atoms with Gasteiger partial charge in [0.25, 0.3) is 5.56 Å². The molecule has 0 bridgehead atoms. The van der Waals surface area contributed by atoms with Crippen LogP contribution in [-0.4, -0.2) is 41.4 Å². The highest BCUT2D eigenvalue weighted by Gasteiger charge is 2.53. The number of pyridine rings is 1. The maximum Gasteiger partial charge on any atom is 0.410 e. The molecule has 4 rings (SSSR count). The summed E-state index contributed by atoms with van der Waals surface area (Å²) >= 11 is 0. The Bertz CT molecular complexity index is 1070. The van der Waals surface area contributed by atoms with Crippen molar-refractivity contribution in [3.63, 3.8) is 0 Å². The molecule has 2 unspecified atom stereocenters. The first-order valence-corrected chi connectivity index (χ1v) is 11.8. The van der Waals surface area contributed by atoms with E-state index in [1.54, 1.807) is 13.2 Å². The first kappa shape index (κ1) is 22.7. The van der Waals surface area contributed by atoms with Crippen LogP contribution in [0.1, 0.15) is 58.4 Å². The van der Waals surface area contributed by atoms with Gasteiger partial charge < -0.3 is 18.9 Å². The van der Waals surface area contributed by atoms with Gasteiger partial charge >= 0.3 is 6.09 Å². The van der Waals surface area contributed by atoms with Gasteiger partial charge in [-0.1, -0.05) is 0 Å². The van der Waals surface area contributed by atoms with Gasteiger partial charge in [-0.3, -0.25) is 4.79 Å². The molecular weight excluding hydrogens is 404 g/mol. The minimum atomic E-state index is -0.478. The van der Waals surface area contributed by atoms with E-state index < -0.39 is 5.60 Å². The van der Waals surface area contributed by atoms with Crippen molar-refractivity contribution in [1.82, 2.24) is 9.47 Å². The quantitative estimate of drug-likeness (QED) is 0.661. The summed E-state index contributed by atoms with van der Waals surface area (Å²) in [5, 5.41) is 1.09. The molecule has 0 spiro atoms. The Balaban J connectivity index is 1.51. The van der Waals surface area contributed by atoms with Crippen molar-refractivity contribution in [1.29, 1.82) is 0 Å². The molecule has 1 saturated heterocycles. The number of aromatic nitrogens is 1. The number of nitrogens with zero attached hydrogens (tertiary/aromatic N) is 2. The van der Waals surface area contributed by atoms with Gasteiger partial charge in [0.1, 0.15) is 11.4 Å². The third-order valence-corrected chi connectivity index (χ3v) is 7.23. The van der Waals surface area contributed by atoms with Crippen molar-refractivity contribution in [3.8, 4) is 5.75 Å². The van der Waals surface area contributed by atoms with Crippen LogP contribution in [-0.2, 0) is 11.3 Å². The zero-order valence-electron chi connectivity index (χ0n) is 20.1. The highest BCUT2D eigenvalue weighted by atomic mass is 16.6. The van der Waals surface area contributed by atoms with Gasteiger partial charge in [0.05, 0.1) is 12.6 Å². The predicted octanol–water partition coefficient (Wildman–Crippen LogP) is 5.14. The largest absolute Gasteiger partial charge is 0.497 e. The Morgan fingerprint density at radius 3 is 2.72 bits per heavy atom. The lowest BCUT2D eigenvalue weighted by atomic mass is 9.91. The van der Waals surface area contributed by atoms with Gasteiger partial charge in [0, 0.05) is 37.2 Å². The summed E-state index contributed by atoms with van der Waals surface area (Å²) in [5.41, 5.74) is 1.71. The number of rotatable bonds is 4. The molecule has 1 amide bonds. The van der Waals surface area contributed by atoms with E-state index >= 15 is 0 Å². The van der Waals surface area contributed by atoms with Crippen LogP contribution in [0, 0.1) is 18.3 Å². The molecule has 174 valence electrons. The van der Waals surface area contributed by atoms with Gasteiger partial charge in [-0.25, -0.2) is 4.79 Å². The molecule has 32 heavy (non-hydrogen) atoms. The fraction of sp³-hybridized carbons (Fsp3) is 0.615. The number of ether oxygens (including phenoxy) is 2. The number of amides is 1. The molecular formula is C26H36N2O4. The summed E-state index contributed by atoms with van der Waals surface area (Å²) in [4.78, 5) is 27.4. The summed E-state index contributed by atoms with van der Waals surface area (Å²) in [7, 11) is 1.65. The van der Waals surface area contributed by atoms with Crippen LogP contribution in [0.5, 0.6) is 5.75 Å². The normalized spacial score (nSPS) is 23.3. The Morgan fingerprint density at radius 1 is 1.22 bits per heavy atom. The second-order valence-electron chi connectivity index (χ2n) is 10.6. The predicted molar refractivity (Wildman–Crippen MR) is 126 cm³/mol. The van der Waals surface area contributed by atoms with Crippen LogP contribution in [0.3, 0.4) is 0 Å². The lowest BCUT2D eigenvalue weighted by Gasteiger charge is -2.31. The highest BCUT2D eigenvalue weighted by molar-refractivity contribution is 5.83. The van der Waals surface area contributed by atoms with Crippen molar-refractivity contribution in [3.05, 3.63) is 40.2 Å². The van der Waals surface area contributed by atoms with Gasteiger partial charge in [0.15, 0.2) is 0 Å². The minimum absolute atomic E-state index is 0.0399. The number of hydrogen-bond acceptors (Lipinski definition) is 4. The van der Waals surface area contributed by atoms with Gasteiger partial charge in [-0.15, -0.1) is 0 Å². The zero-order valence-corrected chi connectivity index (χ0v) is 20.1. The SMILES string of the molecule is COc1ccc2c(C)cc(=O)n(CCC34CCN(C(=O)OC(C)(C)C)CCCC3C4)c2c1. The van der Waals surface area contributed by atoms with Crippen molar-refractivity contribution in [2.24, 2.45) is 11.3 Å². The third kappa shape index (κ3) is 4.64. The summed E-state index contributed by atoms with van der Waals surface area (Å²) in [6.45, 7) is 9.89. The molecule has 6 nitrogen and oxygen atoms in total. The Labute approximate surface area is 190 Å². The first-order valence-electron chi connectivity index (χ1n) is 11.8. The molecule has 0 N–H and O–H groups in total. The maximum atomic E-state index is 12.9. The van der Waals surface area contributed by atoms with Gasteiger partial charge in [0.2, 0.25) is 0 Å². The average Bonchev–Trinajstić information content (AvgIpc) is 3.37. The number of carbonyl (C=O) groups is 1. The Morgan fingerprint density at radius 2 is 2.00 bits per heavy atom. The fourth-order valence-electron chi connectivity index (χ4n) is 5.30. The van der Waals surface area contributed by atoms with E-state index in [-0.39, 0.29) is 17.1 Å². The summed E-state index contributed by atoms with van der Waals surface area (Å²) in [5.74, 6) is 1.46. The lowest BCUT2D eigenvalue weighted by molar-refractivity contribution is 0.0219. The van der Waals surface area contributed by atoms with Crippen LogP contribution in [0.2, 0.25) is 0 Å². The van der Waals surface area contributed by atoms with Crippen LogP contribution in [0.15, 0.2) is 29.1 Å². The molecule has 2 fully saturated rings. The van der Waals surface area contributed by atoms with Crippen LogP contribution >= 0.6 is 0 Å². The highest BCUT2D eigenvalue weighted by Crippen LogP contribution is 2.60. The van der Waals surface area contributed by atoms with Crippen molar-refractivity contribution >= 4 is 17.0 Å². The summed E-state index contributed by atoms with van der Waals surface area (Å²) in [6, 6.07) is 7.68. The smallest absolute Gasteiger partial charge is 0.410 e. The van der Waals surface area contributed by atoms with E-state index in [4.69, 9.17) is 9.47 Å². The van der Waals surface area contributed by atoms with Gasteiger partial charge in [-0.2, -0.15) is 0 Å². The van der Waals surface area contributed by atoms with E-state index in [2.05, 4.69) is 0 Å².